The summed E-state index contributed by atoms with van der Waals surface area (Å²) in [6, 6.07) is 22.7. The molecule has 0 aliphatic rings. The molecular formula is C24H19N3OS. The lowest BCUT2D eigenvalue weighted by Crippen LogP contribution is -1.99. The van der Waals surface area contributed by atoms with Crippen molar-refractivity contribution < 1.29 is 4.74 Å². The van der Waals surface area contributed by atoms with Gasteiger partial charge in [-0.1, -0.05) is 48.5 Å². The zero-order valence-electron chi connectivity index (χ0n) is 16.1. The van der Waals surface area contributed by atoms with E-state index in [2.05, 4.69) is 70.3 Å². The van der Waals surface area contributed by atoms with Gasteiger partial charge in [-0.2, -0.15) is 0 Å². The Morgan fingerprint density at radius 3 is 2.52 bits per heavy atom. The standard InChI is InChI=1S/C24H19N3OS/c1-15-25-23(27-21-9-5-7-16-6-3-4-8-19(16)21)22-20(14-29-24(22)26-15)17-10-12-18(28-2)13-11-17/h3-14H,1-2H3,(H,25,26,27). The van der Waals surface area contributed by atoms with Gasteiger partial charge in [0.1, 0.15) is 22.2 Å². The molecule has 0 radical (unpaired) electrons. The Kier molecular flexibility index (Phi) is 4.37. The number of benzene rings is 3. The Morgan fingerprint density at radius 2 is 1.69 bits per heavy atom. The number of ether oxygens (including phenoxy) is 1. The van der Waals surface area contributed by atoms with E-state index < -0.39 is 0 Å². The number of aryl methyl sites for hydroxylation is 1. The van der Waals surface area contributed by atoms with E-state index in [9.17, 15) is 0 Å². The number of anilines is 2. The summed E-state index contributed by atoms with van der Waals surface area (Å²) in [6.45, 7) is 1.93. The first-order valence-electron chi connectivity index (χ1n) is 9.38. The number of methoxy groups -OCH3 is 1. The molecule has 0 bridgehead atoms. The summed E-state index contributed by atoms with van der Waals surface area (Å²) < 4.78 is 5.30. The van der Waals surface area contributed by atoms with Crippen LogP contribution in [0.3, 0.4) is 0 Å². The average molecular weight is 398 g/mol. The minimum absolute atomic E-state index is 0.753. The third kappa shape index (κ3) is 3.19. The number of fused-ring (bicyclic) bond motifs is 2. The normalized spacial score (nSPS) is 11.1. The maximum Gasteiger partial charge on any atom is 0.143 e. The number of nitrogens with one attached hydrogen (secondary N) is 1. The van der Waals surface area contributed by atoms with Crippen molar-refractivity contribution in [2.45, 2.75) is 6.92 Å². The highest BCUT2D eigenvalue weighted by atomic mass is 32.1. The fourth-order valence-corrected chi connectivity index (χ4v) is 4.58. The van der Waals surface area contributed by atoms with E-state index in [0.717, 1.165) is 44.4 Å². The van der Waals surface area contributed by atoms with Crippen LogP contribution in [0.25, 0.3) is 32.1 Å². The predicted octanol–water partition coefficient (Wildman–Crippen LogP) is 6.57. The van der Waals surface area contributed by atoms with Gasteiger partial charge in [-0.15, -0.1) is 11.3 Å². The van der Waals surface area contributed by atoms with Gasteiger partial charge in [0.25, 0.3) is 0 Å². The van der Waals surface area contributed by atoms with E-state index in [1.807, 2.05) is 19.1 Å². The lowest BCUT2D eigenvalue weighted by atomic mass is 10.1. The highest BCUT2D eigenvalue weighted by Gasteiger charge is 2.15. The summed E-state index contributed by atoms with van der Waals surface area (Å²) in [7, 11) is 1.68. The first-order chi connectivity index (χ1) is 14.2. The summed E-state index contributed by atoms with van der Waals surface area (Å²) in [5.74, 6) is 2.42. The fraction of sp³-hybridized carbons (Fsp3) is 0.0833. The second-order valence-corrected chi connectivity index (χ2v) is 7.69. The largest absolute Gasteiger partial charge is 0.497 e. The van der Waals surface area contributed by atoms with Crippen LogP contribution >= 0.6 is 11.3 Å². The van der Waals surface area contributed by atoms with Gasteiger partial charge in [-0.3, -0.25) is 0 Å². The van der Waals surface area contributed by atoms with E-state index in [1.165, 1.54) is 10.8 Å². The van der Waals surface area contributed by atoms with Crippen LogP contribution in [0.5, 0.6) is 5.75 Å². The van der Waals surface area contributed by atoms with Crippen LogP contribution in [0.4, 0.5) is 11.5 Å². The molecule has 142 valence electrons. The van der Waals surface area contributed by atoms with Gasteiger partial charge in [0, 0.05) is 22.0 Å². The molecule has 0 aliphatic heterocycles. The molecule has 0 saturated heterocycles. The highest BCUT2D eigenvalue weighted by Crippen LogP contribution is 2.39. The molecule has 5 rings (SSSR count). The van der Waals surface area contributed by atoms with E-state index in [0.29, 0.717) is 0 Å². The monoisotopic (exact) mass is 397 g/mol. The molecule has 0 atom stereocenters. The van der Waals surface area contributed by atoms with Crippen molar-refractivity contribution in [2.75, 3.05) is 12.4 Å². The summed E-state index contributed by atoms with van der Waals surface area (Å²) in [6.07, 6.45) is 0. The average Bonchev–Trinajstić information content (AvgIpc) is 3.18. The van der Waals surface area contributed by atoms with E-state index in [-0.39, 0.29) is 0 Å². The van der Waals surface area contributed by atoms with Crippen molar-refractivity contribution in [3.8, 4) is 16.9 Å². The van der Waals surface area contributed by atoms with E-state index in [4.69, 9.17) is 9.72 Å². The van der Waals surface area contributed by atoms with Crippen molar-refractivity contribution in [1.82, 2.24) is 9.97 Å². The quantitative estimate of drug-likeness (QED) is 0.372. The van der Waals surface area contributed by atoms with Gasteiger partial charge in [-0.25, -0.2) is 9.97 Å². The topological polar surface area (TPSA) is 47.0 Å². The van der Waals surface area contributed by atoms with Crippen molar-refractivity contribution >= 4 is 43.8 Å². The fourth-order valence-electron chi connectivity index (χ4n) is 3.58. The lowest BCUT2D eigenvalue weighted by Gasteiger charge is -2.12. The molecule has 5 aromatic rings. The molecule has 0 fully saturated rings. The number of thiophene rings is 1. The Bertz CT molecular complexity index is 1320. The first-order valence-corrected chi connectivity index (χ1v) is 10.3. The van der Waals surface area contributed by atoms with Crippen molar-refractivity contribution in [1.29, 1.82) is 0 Å². The molecule has 2 heterocycles. The summed E-state index contributed by atoms with van der Waals surface area (Å²) in [5.41, 5.74) is 3.27. The maximum absolute atomic E-state index is 5.30. The highest BCUT2D eigenvalue weighted by molar-refractivity contribution is 7.17. The van der Waals surface area contributed by atoms with Gasteiger partial charge >= 0.3 is 0 Å². The summed E-state index contributed by atoms with van der Waals surface area (Å²) >= 11 is 1.64. The Morgan fingerprint density at radius 1 is 0.897 bits per heavy atom. The first kappa shape index (κ1) is 17.6. The molecule has 2 aromatic heterocycles. The molecule has 5 heteroatoms. The van der Waals surface area contributed by atoms with Crippen LogP contribution in [0.15, 0.2) is 72.1 Å². The molecule has 4 nitrogen and oxygen atoms in total. The van der Waals surface area contributed by atoms with Crippen LogP contribution in [0.2, 0.25) is 0 Å². The third-order valence-corrected chi connectivity index (χ3v) is 5.86. The van der Waals surface area contributed by atoms with Crippen molar-refractivity contribution in [2.24, 2.45) is 0 Å². The van der Waals surface area contributed by atoms with Gasteiger partial charge in [-0.05, 0) is 36.1 Å². The van der Waals surface area contributed by atoms with Crippen LogP contribution in [-0.2, 0) is 0 Å². The number of aromatic nitrogens is 2. The molecule has 0 spiro atoms. The minimum Gasteiger partial charge on any atom is -0.497 e. The molecule has 1 N–H and O–H groups in total. The number of rotatable bonds is 4. The lowest BCUT2D eigenvalue weighted by molar-refractivity contribution is 0.415. The molecule has 3 aromatic carbocycles. The van der Waals surface area contributed by atoms with Crippen LogP contribution in [-0.4, -0.2) is 17.1 Å². The zero-order valence-corrected chi connectivity index (χ0v) is 17.0. The Hall–Kier alpha value is -3.44. The van der Waals surface area contributed by atoms with Gasteiger partial charge < -0.3 is 10.1 Å². The third-order valence-electron chi connectivity index (χ3n) is 4.99. The molecule has 0 saturated carbocycles. The van der Waals surface area contributed by atoms with Crippen LogP contribution < -0.4 is 10.1 Å². The van der Waals surface area contributed by atoms with Gasteiger partial charge in [0.2, 0.25) is 0 Å². The zero-order chi connectivity index (χ0) is 19.8. The second kappa shape index (κ2) is 7.18. The van der Waals surface area contributed by atoms with Gasteiger partial charge in [0.15, 0.2) is 0 Å². The predicted molar refractivity (Wildman–Crippen MR) is 121 cm³/mol. The van der Waals surface area contributed by atoms with Crippen LogP contribution in [0, 0.1) is 6.92 Å². The minimum atomic E-state index is 0.753. The van der Waals surface area contributed by atoms with Gasteiger partial charge in [0.05, 0.1) is 12.5 Å². The Balaban J connectivity index is 1.67. The number of nitrogens with zero attached hydrogens (tertiary/aromatic N) is 2. The SMILES string of the molecule is COc1ccc(-c2csc3nc(C)nc(Nc4cccc5ccccc45)c23)cc1. The Labute approximate surface area is 172 Å². The molecule has 0 aliphatic carbocycles. The number of hydrogen-bond donors (Lipinski definition) is 1. The summed E-state index contributed by atoms with van der Waals surface area (Å²) in [4.78, 5) is 10.4. The molecule has 0 amide bonds. The van der Waals surface area contributed by atoms with Crippen molar-refractivity contribution in [3.63, 3.8) is 0 Å². The summed E-state index contributed by atoms with van der Waals surface area (Å²) in [5, 5.41) is 9.13. The maximum atomic E-state index is 5.30. The van der Waals surface area contributed by atoms with Crippen molar-refractivity contribution in [3.05, 3.63) is 77.9 Å². The number of hydrogen-bond acceptors (Lipinski definition) is 5. The molecular weight excluding hydrogens is 378 g/mol. The molecule has 29 heavy (non-hydrogen) atoms. The molecule has 0 unspecified atom stereocenters. The second-order valence-electron chi connectivity index (χ2n) is 6.83. The van der Waals surface area contributed by atoms with Crippen LogP contribution in [0.1, 0.15) is 5.82 Å². The smallest absolute Gasteiger partial charge is 0.143 e. The van der Waals surface area contributed by atoms with E-state index in [1.54, 1.807) is 18.4 Å². The van der Waals surface area contributed by atoms with E-state index >= 15 is 0 Å².